The number of benzene rings is 1. The molecule has 0 heterocycles. The summed E-state index contributed by atoms with van der Waals surface area (Å²) in [4.78, 5) is 0. The second-order valence-corrected chi connectivity index (χ2v) is 3.70. The Kier molecular flexibility index (Phi) is 2.56. The van der Waals surface area contributed by atoms with Crippen LogP contribution in [0.4, 0.5) is 0 Å². The maximum Gasteiger partial charge on any atom is 0.0418 e. The van der Waals surface area contributed by atoms with Crippen molar-refractivity contribution in [3.8, 4) is 0 Å². The molecule has 0 aliphatic heterocycles. The second kappa shape index (κ2) is 3.04. The molecule has 0 aliphatic rings. The second-order valence-electron chi connectivity index (χ2n) is 1.56. The van der Waals surface area contributed by atoms with E-state index in [1.54, 1.807) is 0 Å². The van der Waals surface area contributed by atoms with Crippen molar-refractivity contribution in [2.45, 2.75) is 0 Å². The molecule has 1 aromatic carbocycles. The molecule has 0 spiro atoms. The molecule has 9 heavy (non-hydrogen) atoms. The fourth-order valence-electron chi connectivity index (χ4n) is 0.470. The summed E-state index contributed by atoms with van der Waals surface area (Å²) < 4.78 is 2.00. The summed E-state index contributed by atoms with van der Waals surface area (Å²) in [6.07, 6.45) is 0. The van der Waals surface area contributed by atoms with Gasteiger partial charge in [0, 0.05) is 14.0 Å². The summed E-state index contributed by atoms with van der Waals surface area (Å²) in [6.45, 7) is 0. The summed E-state index contributed by atoms with van der Waals surface area (Å²) >= 11 is 12.3. The minimum atomic E-state index is 0.741. The van der Waals surface area contributed by atoms with E-state index in [0.717, 1.165) is 14.0 Å². The monoisotopic (exact) mass is 268 g/mol. The van der Waals surface area contributed by atoms with Crippen molar-refractivity contribution in [1.82, 2.24) is 0 Å². The lowest BCUT2D eigenvalue weighted by Gasteiger charge is -1.93. The Bertz CT molecular complexity index is 222. The van der Waals surface area contributed by atoms with E-state index in [1.807, 2.05) is 18.2 Å². The highest BCUT2D eigenvalue weighted by Crippen LogP contribution is 2.25. The van der Waals surface area contributed by atoms with Crippen molar-refractivity contribution in [3.05, 3.63) is 32.2 Å². The summed E-state index contributed by atoms with van der Waals surface area (Å²) in [5.74, 6) is 0. The van der Waals surface area contributed by atoms with Crippen LogP contribution >= 0.6 is 43.5 Å². The molecule has 0 aliphatic carbocycles. The lowest BCUT2D eigenvalue weighted by molar-refractivity contribution is 1.59. The molecular weight excluding hydrogens is 267 g/mol. The van der Waals surface area contributed by atoms with Crippen LogP contribution in [0.25, 0.3) is 0 Å². The molecule has 0 radical (unpaired) electrons. The van der Waals surface area contributed by atoms with Crippen LogP contribution in [-0.2, 0) is 0 Å². The molecule has 0 amide bonds. The van der Waals surface area contributed by atoms with Gasteiger partial charge in [-0.05, 0) is 50.1 Å². The van der Waals surface area contributed by atoms with Gasteiger partial charge >= 0.3 is 0 Å². The van der Waals surface area contributed by atoms with Gasteiger partial charge in [-0.3, -0.25) is 0 Å². The van der Waals surface area contributed by atoms with Gasteiger partial charge < -0.3 is 0 Å². The molecule has 0 bridgehead atoms. The first-order chi connectivity index (χ1) is 4.20. The molecular formula is C6H3Br2Cl. The number of halogens is 3. The molecule has 0 saturated carbocycles. The molecule has 3 heteroatoms. The van der Waals surface area contributed by atoms with Crippen LogP contribution in [0.15, 0.2) is 27.1 Å². The number of hydrogen-bond donors (Lipinski definition) is 0. The van der Waals surface area contributed by atoms with Crippen molar-refractivity contribution < 1.29 is 0 Å². The van der Waals surface area contributed by atoms with Crippen molar-refractivity contribution in [2.24, 2.45) is 0 Å². The highest BCUT2D eigenvalue weighted by Gasteiger charge is 1.94. The first-order valence-corrected chi connectivity index (χ1v) is 4.27. The smallest absolute Gasteiger partial charge is 0.0418 e. The molecule has 0 fully saturated rings. The minimum Gasteiger partial charge on any atom is -0.0843 e. The standard InChI is InChI=1S/C6H3Br2Cl/c7-5-2-1-4(9)3-6(5)8/h1-3H. The molecule has 0 saturated heterocycles. The van der Waals surface area contributed by atoms with E-state index >= 15 is 0 Å². The first-order valence-electron chi connectivity index (χ1n) is 2.30. The van der Waals surface area contributed by atoms with Gasteiger partial charge in [-0.2, -0.15) is 0 Å². The predicted octanol–water partition coefficient (Wildman–Crippen LogP) is 3.87. The highest BCUT2D eigenvalue weighted by molar-refractivity contribution is 9.13. The lowest BCUT2D eigenvalue weighted by atomic mass is 10.4. The molecule has 1 rings (SSSR count). The van der Waals surface area contributed by atoms with Gasteiger partial charge in [0.05, 0.1) is 0 Å². The van der Waals surface area contributed by atoms with E-state index < -0.39 is 0 Å². The Morgan fingerprint density at radius 2 is 1.78 bits per heavy atom. The van der Waals surface area contributed by atoms with Crippen LogP contribution in [0.2, 0.25) is 5.02 Å². The van der Waals surface area contributed by atoms with E-state index in [-0.39, 0.29) is 0 Å². The molecule has 0 aromatic heterocycles. The molecule has 0 atom stereocenters. The van der Waals surface area contributed by atoms with Crippen LogP contribution in [0.3, 0.4) is 0 Å². The summed E-state index contributed by atoms with van der Waals surface area (Å²) in [6, 6.07) is 5.56. The predicted molar refractivity (Wildman–Crippen MR) is 46.9 cm³/mol. The van der Waals surface area contributed by atoms with Gasteiger partial charge in [-0.1, -0.05) is 11.6 Å². The average Bonchev–Trinajstić information content (AvgIpc) is 1.80. The molecule has 0 nitrogen and oxygen atoms in total. The average molecular weight is 270 g/mol. The topological polar surface area (TPSA) is 0 Å². The summed E-state index contributed by atoms with van der Waals surface area (Å²) in [7, 11) is 0. The third kappa shape index (κ3) is 1.95. The molecule has 0 unspecified atom stereocenters. The molecule has 0 N–H and O–H groups in total. The SMILES string of the molecule is Clc1ccc(Br)c(Br)c1. The largest absolute Gasteiger partial charge is 0.0843 e. The summed E-state index contributed by atoms with van der Waals surface area (Å²) in [5, 5.41) is 0.741. The van der Waals surface area contributed by atoms with Crippen LogP contribution in [-0.4, -0.2) is 0 Å². The lowest BCUT2D eigenvalue weighted by Crippen LogP contribution is -1.67. The van der Waals surface area contributed by atoms with Gasteiger partial charge in [-0.15, -0.1) is 0 Å². The Labute approximate surface area is 75.5 Å². The third-order valence-corrected chi connectivity index (χ3v) is 3.00. The maximum atomic E-state index is 5.67. The van der Waals surface area contributed by atoms with Gasteiger partial charge in [0.15, 0.2) is 0 Å². The van der Waals surface area contributed by atoms with Crippen molar-refractivity contribution in [2.75, 3.05) is 0 Å². The van der Waals surface area contributed by atoms with E-state index in [9.17, 15) is 0 Å². The minimum absolute atomic E-state index is 0.741. The van der Waals surface area contributed by atoms with Crippen molar-refractivity contribution in [3.63, 3.8) is 0 Å². The van der Waals surface area contributed by atoms with Crippen LogP contribution in [0.1, 0.15) is 0 Å². The molecule has 1 aromatic rings. The van der Waals surface area contributed by atoms with Crippen LogP contribution in [0.5, 0.6) is 0 Å². The van der Waals surface area contributed by atoms with E-state index in [4.69, 9.17) is 11.6 Å². The molecule has 48 valence electrons. The number of rotatable bonds is 0. The van der Waals surface area contributed by atoms with E-state index in [2.05, 4.69) is 31.9 Å². The fourth-order valence-corrected chi connectivity index (χ4v) is 1.40. The van der Waals surface area contributed by atoms with Gasteiger partial charge in [0.1, 0.15) is 0 Å². The summed E-state index contributed by atoms with van der Waals surface area (Å²) in [5.41, 5.74) is 0. The van der Waals surface area contributed by atoms with Crippen molar-refractivity contribution in [1.29, 1.82) is 0 Å². The highest BCUT2D eigenvalue weighted by atomic mass is 79.9. The number of hydrogen-bond acceptors (Lipinski definition) is 0. The van der Waals surface area contributed by atoms with E-state index in [1.165, 1.54) is 0 Å². The van der Waals surface area contributed by atoms with E-state index in [0.29, 0.717) is 0 Å². The maximum absolute atomic E-state index is 5.67. The zero-order valence-electron chi connectivity index (χ0n) is 4.37. The van der Waals surface area contributed by atoms with Gasteiger partial charge in [0.25, 0.3) is 0 Å². The normalized spacial score (nSPS) is 9.67. The Balaban J connectivity index is 3.17. The van der Waals surface area contributed by atoms with Gasteiger partial charge in [-0.25, -0.2) is 0 Å². The Morgan fingerprint density at radius 1 is 1.11 bits per heavy atom. The van der Waals surface area contributed by atoms with Crippen molar-refractivity contribution >= 4 is 43.5 Å². The van der Waals surface area contributed by atoms with Crippen LogP contribution in [0, 0.1) is 0 Å². The quantitative estimate of drug-likeness (QED) is 0.628. The third-order valence-electron chi connectivity index (χ3n) is 0.882. The zero-order valence-corrected chi connectivity index (χ0v) is 8.29. The van der Waals surface area contributed by atoms with Gasteiger partial charge in [0.2, 0.25) is 0 Å². The first kappa shape index (κ1) is 7.58. The Morgan fingerprint density at radius 3 is 2.22 bits per heavy atom. The van der Waals surface area contributed by atoms with Crippen LogP contribution < -0.4 is 0 Å². The fraction of sp³-hybridized carbons (Fsp3) is 0. The Hall–Kier alpha value is 0.470. The zero-order chi connectivity index (χ0) is 6.85.